The van der Waals surface area contributed by atoms with Crippen molar-refractivity contribution in [2.24, 2.45) is 5.92 Å². The first-order valence-corrected chi connectivity index (χ1v) is 6.16. The third kappa shape index (κ3) is 4.37. The lowest BCUT2D eigenvalue weighted by atomic mass is 9.98. The zero-order chi connectivity index (χ0) is 12.0. The van der Waals surface area contributed by atoms with E-state index < -0.39 is 0 Å². The van der Waals surface area contributed by atoms with Gasteiger partial charge in [0.1, 0.15) is 0 Å². The SMILES string of the molecule is CNC(C)(CO)CN(C)CC1CCOCC1. The Morgan fingerprint density at radius 2 is 2.06 bits per heavy atom. The standard InChI is InChI=1S/C12H26N2O2/c1-12(10-15,13-2)9-14(3)8-11-4-6-16-7-5-11/h11,13,15H,4-10H2,1-3H3. The van der Waals surface area contributed by atoms with Gasteiger partial charge in [0.15, 0.2) is 0 Å². The third-order valence-electron chi connectivity index (χ3n) is 3.48. The Balaban J connectivity index is 2.30. The average molecular weight is 230 g/mol. The fourth-order valence-corrected chi connectivity index (χ4v) is 2.24. The summed E-state index contributed by atoms with van der Waals surface area (Å²) in [6.45, 7) is 6.00. The van der Waals surface area contributed by atoms with Crippen LogP contribution in [0.15, 0.2) is 0 Å². The minimum Gasteiger partial charge on any atom is -0.394 e. The van der Waals surface area contributed by atoms with Crippen LogP contribution in [0.4, 0.5) is 0 Å². The summed E-state index contributed by atoms with van der Waals surface area (Å²) in [5.41, 5.74) is -0.195. The van der Waals surface area contributed by atoms with Gasteiger partial charge in [-0.2, -0.15) is 0 Å². The van der Waals surface area contributed by atoms with Crippen molar-refractivity contribution >= 4 is 0 Å². The highest BCUT2D eigenvalue weighted by atomic mass is 16.5. The second-order valence-corrected chi connectivity index (χ2v) is 5.22. The number of aliphatic hydroxyl groups excluding tert-OH is 1. The molecule has 0 aromatic rings. The molecule has 1 atom stereocenters. The first-order chi connectivity index (χ1) is 7.59. The number of nitrogens with zero attached hydrogens (tertiary/aromatic N) is 1. The zero-order valence-electron chi connectivity index (χ0n) is 10.8. The van der Waals surface area contributed by atoms with Crippen molar-refractivity contribution in [3.8, 4) is 0 Å². The molecule has 16 heavy (non-hydrogen) atoms. The van der Waals surface area contributed by atoms with E-state index >= 15 is 0 Å². The van der Waals surface area contributed by atoms with Gasteiger partial charge in [-0.05, 0) is 39.8 Å². The van der Waals surface area contributed by atoms with Gasteiger partial charge in [-0.15, -0.1) is 0 Å². The Bertz CT molecular complexity index is 189. The average Bonchev–Trinajstić information content (AvgIpc) is 2.30. The molecule has 0 saturated carbocycles. The molecule has 4 nitrogen and oxygen atoms in total. The van der Waals surface area contributed by atoms with Crippen LogP contribution in [0, 0.1) is 5.92 Å². The molecule has 96 valence electrons. The van der Waals surface area contributed by atoms with Crippen molar-refractivity contribution < 1.29 is 9.84 Å². The largest absolute Gasteiger partial charge is 0.394 e. The van der Waals surface area contributed by atoms with Crippen LogP contribution in [-0.2, 0) is 4.74 Å². The number of hydrogen-bond donors (Lipinski definition) is 2. The van der Waals surface area contributed by atoms with E-state index in [1.54, 1.807) is 0 Å². The summed E-state index contributed by atoms with van der Waals surface area (Å²) in [4.78, 5) is 2.31. The lowest BCUT2D eigenvalue weighted by molar-refractivity contribution is 0.0496. The smallest absolute Gasteiger partial charge is 0.0623 e. The summed E-state index contributed by atoms with van der Waals surface area (Å²) in [7, 11) is 4.03. The summed E-state index contributed by atoms with van der Waals surface area (Å²) in [5, 5.41) is 12.5. The summed E-state index contributed by atoms with van der Waals surface area (Å²) in [6.07, 6.45) is 2.33. The van der Waals surface area contributed by atoms with E-state index in [-0.39, 0.29) is 12.1 Å². The van der Waals surface area contributed by atoms with Crippen molar-refractivity contribution in [1.29, 1.82) is 0 Å². The zero-order valence-corrected chi connectivity index (χ0v) is 10.8. The molecular formula is C12H26N2O2. The van der Waals surface area contributed by atoms with Crippen molar-refractivity contribution in [3.63, 3.8) is 0 Å². The molecular weight excluding hydrogens is 204 g/mol. The summed E-state index contributed by atoms with van der Waals surface area (Å²) in [5.74, 6) is 0.749. The topological polar surface area (TPSA) is 44.7 Å². The van der Waals surface area contributed by atoms with Gasteiger partial charge in [0.2, 0.25) is 0 Å². The van der Waals surface area contributed by atoms with Crippen molar-refractivity contribution in [1.82, 2.24) is 10.2 Å². The fourth-order valence-electron chi connectivity index (χ4n) is 2.24. The Morgan fingerprint density at radius 1 is 1.44 bits per heavy atom. The molecule has 1 aliphatic heterocycles. The first kappa shape index (κ1) is 13.9. The molecule has 0 bridgehead atoms. The third-order valence-corrected chi connectivity index (χ3v) is 3.48. The highest BCUT2D eigenvalue weighted by molar-refractivity contribution is 4.84. The van der Waals surface area contributed by atoms with Gasteiger partial charge in [0.25, 0.3) is 0 Å². The van der Waals surface area contributed by atoms with Crippen molar-refractivity contribution in [3.05, 3.63) is 0 Å². The van der Waals surface area contributed by atoms with Gasteiger partial charge in [0.05, 0.1) is 12.1 Å². The molecule has 0 spiro atoms. The van der Waals surface area contributed by atoms with Crippen LogP contribution in [-0.4, -0.2) is 62.6 Å². The molecule has 4 heteroatoms. The number of rotatable bonds is 6. The maximum atomic E-state index is 9.33. The van der Waals surface area contributed by atoms with Gasteiger partial charge < -0.3 is 20.1 Å². The second kappa shape index (κ2) is 6.55. The van der Waals surface area contributed by atoms with Gasteiger partial charge in [-0.25, -0.2) is 0 Å². The molecule has 1 fully saturated rings. The summed E-state index contributed by atoms with van der Waals surface area (Å²) < 4.78 is 5.35. The molecule has 2 N–H and O–H groups in total. The quantitative estimate of drug-likeness (QED) is 0.689. The van der Waals surface area contributed by atoms with Crippen LogP contribution in [0.2, 0.25) is 0 Å². The molecule has 0 amide bonds. The molecule has 0 radical (unpaired) electrons. The highest BCUT2D eigenvalue weighted by Crippen LogP contribution is 2.16. The minimum atomic E-state index is -0.195. The fraction of sp³-hybridized carbons (Fsp3) is 1.00. The molecule has 0 aromatic heterocycles. The maximum Gasteiger partial charge on any atom is 0.0623 e. The number of ether oxygens (including phenoxy) is 1. The Hall–Kier alpha value is -0.160. The van der Waals surface area contributed by atoms with E-state index in [1.165, 1.54) is 12.8 Å². The van der Waals surface area contributed by atoms with Gasteiger partial charge in [-0.3, -0.25) is 0 Å². The van der Waals surface area contributed by atoms with E-state index in [2.05, 4.69) is 17.3 Å². The van der Waals surface area contributed by atoms with E-state index in [9.17, 15) is 5.11 Å². The summed E-state index contributed by atoms with van der Waals surface area (Å²) >= 11 is 0. The van der Waals surface area contributed by atoms with Crippen LogP contribution >= 0.6 is 0 Å². The van der Waals surface area contributed by atoms with E-state index in [4.69, 9.17) is 4.74 Å². The monoisotopic (exact) mass is 230 g/mol. The van der Waals surface area contributed by atoms with Crippen LogP contribution < -0.4 is 5.32 Å². The van der Waals surface area contributed by atoms with Crippen LogP contribution in [0.25, 0.3) is 0 Å². The number of aliphatic hydroxyl groups is 1. The molecule has 1 heterocycles. The lowest BCUT2D eigenvalue weighted by Gasteiger charge is -2.34. The van der Waals surface area contributed by atoms with E-state index in [0.717, 1.165) is 32.2 Å². The maximum absolute atomic E-state index is 9.33. The highest BCUT2D eigenvalue weighted by Gasteiger charge is 2.24. The van der Waals surface area contributed by atoms with Crippen LogP contribution in [0.5, 0.6) is 0 Å². The van der Waals surface area contributed by atoms with Crippen LogP contribution in [0.3, 0.4) is 0 Å². The normalized spacial score (nSPS) is 22.3. The van der Waals surface area contributed by atoms with Gasteiger partial charge in [-0.1, -0.05) is 0 Å². The predicted molar refractivity (Wildman–Crippen MR) is 65.6 cm³/mol. The number of hydrogen-bond acceptors (Lipinski definition) is 4. The molecule has 1 saturated heterocycles. The molecule has 1 aliphatic rings. The second-order valence-electron chi connectivity index (χ2n) is 5.22. The summed E-state index contributed by atoms with van der Waals surface area (Å²) in [6, 6.07) is 0. The van der Waals surface area contributed by atoms with E-state index in [1.807, 2.05) is 14.0 Å². The van der Waals surface area contributed by atoms with Crippen LogP contribution in [0.1, 0.15) is 19.8 Å². The molecule has 1 rings (SSSR count). The Labute approximate surface area is 99.0 Å². The number of likely N-dealkylation sites (N-methyl/N-ethyl adjacent to an activating group) is 2. The Morgan fingerprint density at radius 3 is 2.56 bits per heavy atom. The van der Waals surface area contributed by atoms with Crippen molar-refractivity contribution in [2.45, 2.75) is 25.3 Å². The molecule has 0 aromatic carbocycles. The lowest BCUT2D eigenvalue weighted by Crippen LogP contribution is -2.52. The Kier molecular flexibility index (Phi) is 5.69. The van der Waals surface area contributed by atoms with E-state index in [0.29, 0.717) is 0 Å². The van der Waals surface area contributed by atoms with Crippen molar-refractivity contribution in [2.75, 3.05) is 47.0 Å². The minimum absolute atomic E-state index is 0.168. The molecule has 1 unspecified atom stereocenters. The predicted octanol–water partition coefficient (Wildman–Crippen LogP) is 0.315. The number of nitrogens with one attached hydrogen (secondary N) is 1. The van der Waals surface area contributed by atoms with Gasteiger partial charge >= 0.3 is 0 Å². The van der Waals surface area contributed by atoms with Gasteiger partial charge in [0, 0.05) is 26.3 Å². The molecule has 0 aliphatic carbocycles. The first-order valence-electron chi connectivity index (χ1n) is 6.16.